The molecule has 0 unspecified atom stereocenters. The summed E-state index contributed by atoms with van der Waals surface area (Å²) in [6, 6.07) is 5.92. The van der Waals surface area contributed by atoms with Crippen molar-refractivity contribution in [3.63, 3.8) is 0 Å². The topological polar surface area (TPSA) is 49.9 Å². The van der Waals surface area contributed by atoms with Crippen molar-refractivity contribution >= 4 is 33.4 Å². The molecule has 1 saturated heterocycles. The molecule has 0 radical (unpaired) electrons. The Morgan fingerprint density at radius 3 is 2.88 bits per heavy atom. The Kier molecular flexibility index (Phi) is 4.71. The van der Waals surface area contributed by atoms with Gasteiger partial charge >= 0.3 is 0 Å². The second-order valence-corrected chi connectivity index (χ2v) is 8.14. The quantitative estimate of drug-likeness (QED) is 0.756. The van der Waals surface area contributed by atoms with Gasteiger partial charge in [-0.3, -0.25) is 14.5 Å². The zero-order chi connectivity index (χ0) is 17.4. The fraction of sp³-hybridized carbons (Fsp3) is 0.579. The molecule has 3 aliphatic rings. The van der Waals surface area contributed by atoms with Gasteiger partial charge in [0, 0.05) is 17.1 Å². The van der Waals surface area contributed by atoms with Crippen LogP contribution >= 0.6 is 15.9 Å². The van der Waals surface area contributed by atoms with Crippen molar-refractivity contribution < 1.29 is 14.3 Å². The number of halogens is 1. The molecule has 0 spiro atoms. The summed E-state index contributed by atoms with van der Waals surface area (Å²) in [6.07, 6.45) is 7.15. The van der Waals surface area contributed by atoms with E-state index in [0.29, 0.717) is 23.4 Å². The highest BCUT2D eigenvalue weighted by molar-refractivity contribution is 9.10. The standard InChI is InChI=1S/C19H23BrN2O3/c20-14-7-8-16-17(10-14)25-12-19(24)22(16)11-18(23)21-9-3-5-13-4-1-2-6-15(13)21/h7-8,10,13,15H,1-6,9,11-12H2/t13-,15+/m0/s1. The molecule has 5 nitrogen and oxygen atoms in total. The maximum atomic E-state index is 13.0. The third kappa shape index (κ3) is 3.28. The molecule has 134 valence electrons. The first-order chi connectivity index (χ1) is 12.1. The molecule has 6 heteroatoms. The van der Waals surface area contributed by atoms with Gasteiger partial charge in [-0.05, 0) is 49.8 Å². The van der Waals surface area contributed by atoms with Gasteiger partial charge in [-0.15, -0.1) is 0 Å². The maximum absolute atomic E-state index is 13.0. The van der Waals surface area contributed by atoms with Crippen LogP contribution in [0.4, 0.5) is 5.69 Å². The van der Waals surface area contributed by atoms with E-state index in [1.54, 1.807) is 4.90 Å². The molecule has 1 aromatic rings. The Balaban J connectivity index is 1.53. The van der Waals surface area contributed by atoms with Crippen LogP contribution in [-0.4, -0.2) is 42.5 Å². The van der Waals surface area contributed by atoms with Crippen LogP contribution in [0.15, 0.2) is 22.7 Å². The highest BCUT2D eigenvalue weighted by atomic mass is 79.9. The lowest BCUT2D eigenvalue weighted by atomic mass is 9.78. The Hall–Kier alpha value is -1.56. The summed E-state index contributed by atoms with van der Waals surface area (Å²) in [4.78, 5) is 29.0. The summed E-state index contributed by atoms with van der Waals surface area (Å²) in [7, 11) is 0. The first-order valence-electron chi connectivity index (χ1n) is 9.15. The first kappa shape index (κ1) is 16.9. The molecule has 4 rings (SSSR count). The minimum absolute atomic E-state index is 0.0111. The predicted octanol–water partition coefficient (Wildman–Crippen LogP) is 3.36. The van der Waals surface area contributed by atoms with Crippen molar-refractivity contribution in [2.75, 3.05) is 24.6 Å². The van der Waals surface area contributed by atoms with Crippen molar-refractivity contribution in [3.8, 4) is 5.75 Å². The van der Waals surface area contributed by atoms with Crippen LogP contribution in [0.1, 0.15) is 38.5 Å². The number of ether oxygens (including phenoxy) is 1. The predicted molar refractivity (Wildman–Crippen MR) is 98.7 cm³/mol. The van der Waals surface area contributed by atoms with Gasteiger partial charge in [0.15, 0.2) is 6.61 Å². The zero-order valence-corrected chi connectivity index (χ0v) is 15.8. The molecule has 1 aromatic carbocycles. The lowest BCUT2D eigenvalue weighted by Crippen LogP contribution is -2.54. The Morgan fingerprint density at radius 2 is 2.00 bits per heavy atom. The SMILES string of the molecule is O=C1COc2cc(Br)ccc2N1CC(=O)N1CCC[C@@H]2CCCC[C@H]21. The van der Waals surface area contributed by atoms with Gasteiger partial charge in [0.2, 0.25) is 5.91 Å². The molecule has 25 heavy (non-hydrogen) atoms. The van der Waals surface area contributed by atoms with Gasteiger partial charge in [-0.1, -0.05) is 28.8 Å². The van der Waals surface area contributed by atoms with Crippen LogP contribution in [-0.2, 0) is 9.59 Å². The lowest BCUT2D eigenvalue weighted by Gasteiger charge is -2.44. The van der Waals surface area contributed by atoms with Crippen molar-refractivity contribution in [1.29, 1.82) is 0 Å². The van der Waals surface area contributed by atoms with E-state index in [1.807, 2.05) is 18.2 Å². The van der Waals surface area contributed by atoms with E-state index >= 15 is 0 Å². The van der Waals surface area contributed by atoms with Gasteiger partial charge in [-0.2, -0.15) is 0 Å². The van der Waals surface area contributed by atoms with Crippen LogP contribution in [0.5, 0.6) is 5.75 Å². The van der Waals surface area contributed by atoms with E-state index in [9.17, 15) is 9.59 Å². The molecule has 2 atom stereocenters. The maximum Gasteiger partial charge on any atom is 0.265 e. The number of carbonyl (C=O) groups excluding carboxylic acids is 2. The van der Waals surface area contributed by atoms with E-state index in [0.717, 1.165) is 23.9 Å². The van der Waals surface area contributed by atoms with Crippen molar-refractivity contribution in [3.05, 3.63) is 22.7 Å². The summed E-state index contributed by atoms with van der Waals surface area (Å²) in [5.74, 6) is 1.21. The summed E-state index contributed by atoms with van der Waals surface area (Å²) in [5.41, 5.74) is 0.685. The second-order valence-electron chi connectivity index (χ2n) is 7.22. The molecule has 2 heterocycles. The van der Waals surface area contributed by atoms with Crippen molar-refractivity contribution in [2.45, 2.75) is 44.6 Å². The largest absolute Gasteiger partial charge is 0.482 e. The number of piperidine rings is 1. The number of hydrogen-bond donors (Lipinski definition) is 0. The van der Waals surface area contributed by atoms with Crippen molar-refractivity contribution in [2.24, 2.45) is 5.92 Å². The Bertz CT molecular complexity index is 691. The molecule has 0 N–H and O–H groups in total. The van der Waals surface area contributed by atoms with Gasteiger partial charge in [0.1, 0.15) is 12.3 Å². The van der Waals surface area contributed by atoms with E-state index in [1.165, 1.54) is 25.7 Å². The molecular formula is C19H23BrN2O3. The lowest BCUT2D eigenvalue weighted by molar-refractivity contribution is -0.137. The molecule has 0 aromatic heterocycles. The highest BCUT2D eigenvalue weighted by Gasteiger charge is 2.37. The minimum Gasteiger partial charge on any atom is -0.482 e. The Labute approximate surface area is 156 Å². The zero-order valence-electron chi connectivity index (χ0n) is 14.2. The third-order valence-electron chi connectivity index (χ3n) is 5.72. The summed E-state index contributed by atoms with van der Waals surface area (Å²) < 4.78 is 6.41. The number of hydrogen-bond acceptors (Lipinski definition) is 3. The number of carbonyl (C=O) groups is 2. The number of likely N-dealkylation sites (tertiary alicyclic amines) is 1. The summed E-state index contributed by atoms with van der Waals surface area (Å²) >= 11 is 3.42. The van der Waals surface area contributed by atoms with Crippen LogP contribution in [0.3, 0.4) is 0 Å². The number of nitrogens with zero attached hydrogens (tertiary/aromatic N) is 2. The first-order valence-corrected chi connectivity index (χ1v) is 9.95. The van der Waals surface area contributed by atoms with E-state index in [4.69, 9.17) is 4.74 Å². The molecule has 1 aliphatic carbocycles. The summed E-state index contributed by atoms with van der Waals surface area (Å²) in [6.45, 7) is 0.925. The van der Waals surface area contributed by atoms with Gasteiger partial charge in [0.25, 0.3) is 5.91 Å². The smallest absolute Gasteiger partial charge is 0.265 e. The molecular weight excluding hydrogens is 384 g/mol. The number of rotatable bonds is 2. The fourth-order valence-electron chi connectivity index (χ4n) is 4.51. The third-order valence-corrected chi connectivity index (χ3v) is 6.22. The van der Waals surface area contributed by atoms with Gasteiger partial charge in [0.05, 0.1) is 5.69 Å². The number of amides is 2. The molecule has 2 amide bonds. The monoisotopic (exact) mass is 406 g/mol. The van der Waals surface area contributed by atoms with Crippen LogP contribution in [0, 0.1) is 5.92 Å². The molecule has 2 fully saturated rings. The average molecular weight is 407 g/mol. The summed E-state index contributed by atoms with van der Waals surface area (Å²) in [5, 5.41) is 0. The van der Waals surface area contributed by atoms with Crippen LogP contribution in [0.2, 0.25) is 0 Å². The average Bonchev–Trinajstić information content (AvgIpc) is 2.63. The van der Waals surface area contributed by atoms with Gasteiger partial charge < -0.3 is 9.64 Å². The van der Waals surface area contributed by atoms with Gasteiger partial charge in [-0.25, -0.2) is 0 Å². The van der Waals surface area contributed by atoms with E-state index < -0.39 is 0 Å². The number of benzene rings is 1. The normalized spacial score (nSPS) is 25.9. The minimum atomic E-state index is -0.152. The highest BCUT2D eigenvalue weighted by Crippen LogP contribution is 2.37. The Morgan fingerprint density at radius 1 is 1.20 bits per heavy atom. The number of fused-ring (bicyclic) bond motifs is 2. The molecule has 0 bridgehead atoms. The van der Waals surface area contributed by atoms with Crippen molar-refractivity contribution in [1.82, 2.24) is 4.90 Å². The fourth-order valence-corrected chi connectivity index (χ4v) is 4.85. The van der Waals surface area contributed by atoms with Crippen LogP contribution in [0.25, 0.3) is 0 Å². The van der Waals surface area contributed by atoms with E-state index in [2.05, 4.69) is 20.8 Å². The van der Waals surface area contributed by atoms with E-state index in [-0.39, 0.29) is 25.0 Å². The molecule has 2 aliphatic heterocycles. The second kappa shape index (κ2) is 6.98. The number of anilines is 1. The van der Waals surface area contributed by atoms with Crippen LogP contribution < -0.4 is 9.64 Å². The molecule has 1 saturated carbocycles.